The molecule has 256 valence electrons. The number of carbonyl (C=O) groups excluding carboxylic acids is 2. The minimum atomic E-state index is -0.303. The third-order valence-electron chi connectivity index (χ3n) is 8.00. The van der Waals surface area contributed by atoms with Crippen LogP contribution in [-0.4, -0.2) is 24.2 Å². The molecule has 0 fully saturated rings. The van der Waals surface area contributed by atoms with Gasteiger partial charge in [-0.25, -0.2) is 10.9 Å². The van der Waals surface area contributed by atoms with Crippen molar-refractivity contribution in [2.45, 2.75) is 32.5 Å². The molecule has 6 aromatic carbocycles. The Morgan fingerprint density at radius 3 is 1.47 bits per heavy atom. The number of rotatable bonds is 14. The van der Waals surface area contributed by atoms with Crippen LogP contribution in [0.3, 0.4) is 0 Å². The molecule has 0 bridgehead atoms. The second kappa shape index (κ2) is 17.6. The van der Waals surface area contributed by atoms with Gasteiger partial charge in [-0.05, 0) is 75.5 Å². The smallest absolute Gasteiger partial charge is 0.240 e. The Bertz CT molecular complexity index is 2080. The summed E-state index contributed by atoms with van der Waals surface area (Å²) < 4.78 is 14.3. The van der Waals surface area contributed by atoms with E-state index in [9.17, 15) is 9.59 Å². The first-order valence-corrected chi connectivity index (χ1v) is 17.9. The van der Waals surface area contributed by atoms with Gasteiger partial charge >= 0.3 is 0 Å². The highest BCUT2D eigenvalue weighted by molar-refractivity contribution is 9.10. The molecule has 2 N–H and O–H groups in total. The summed E-state index contributed by atoms with van der Waals surface area (Å²) in [6.07, 6.45) is 3.76. The zero-order valence-corrected chi connectivity index (χ0v) is 30.7. The predicted molar refractivity (Wildman–Crippen MR) is 210 cm³/mol. The molecule has 0 aliphatic heterocycles. The molecule has 0 unspecified atom stereocenters. The SMILES string of the molecule is O=C(CCCC(=O)NN=Cc1c(OCc2cccc(Br)c2)ccc2ccccc12)NN=Cc1c(OCc2cccc(Br)c2)ccc2ccccc12. The molecule has 0 atom stereocenters. The molecule has 6 rings (SSSR count). The number of halogens is 2. The molecular formula is C41H34Br2N4O4. The predicted octanol–water partition coefficient (Wildman–Crippen LogP) is 9.45. The molecule has 0 radical (unpaired) electrons. The molecule has 0 saturated carbocycles. The number of fused-ring (bicyclic) bond motifs is 2. The van der Waals surface area contributed by atoms with E-state index in [4.69, 9.17) is 9.47 Å². The third kappa shape index (κ3) is 9.90. The number of hydrazone groups is 2. The molecule has 0 aliphatic carbocycles. The van der Waals surface area contributed by atoms with Crippen LogP contribution in [0.1, 0.15) is 41.5 Å². The minimum absolute atomic E-state index is 0.118. The van der Waals surface area contributed by atoms with Crippen LogP contribution in [0.25, 0.3) is 21.5 Å². The lowest BCUT2D eigenvalue weighted by atomic mass is 10.0. The quantitative estimate of drug-likeness (QED) is 0.0847. The molecule has 6 aromatic rings. The van der Waals surface area contributed by atoms with Crippen LogP contribution in [0.15, 0.2) is 140 Å². The lowest BCUT2D eigenvalue weighted by molar-refractivity contribution is -0.122. The average Bonchev–Trinajstić information content (AvgIpc) is 3.14. The van der Waals surface area contributed by atoms with Crippen molar-refractivity contribution in [1.82, 2.24) is 10.9 Å². The number of ether oxygens (including phenoxy) is 2. The van der Waals surface area contributed by atoms with E-state index in [1.165, 1.54) is 0 Å². The van der Waals surface area contributed by atoms with E-state index >= 15 is 0 Å². The molecule has 0 aromatic heterocycles. The van der Waals surface area contributed by atoms with Gasteiger partial charge < -0.3 is 9.47 Å². The van der Waals surface area contributed by atoms with E-state index in [1.54, 1.807) is 12.4 Å². The van der Waals surface area contributed by atoms with Gasteiger partial charge in [0.2, 0.25) is 11.8 Å². The molecule has 0 aliphatic rings. The normalized spacial score (nSPS) is 11.3. The van der Waals surface area contributed by atoms with Crippen molar-refractivity contribution in [2.24, 2.45) is 10.2 Å². The van der Waals surface area contributed by atoms with Crippen LogP contribution in [-0.2, 0) is 22.8 Å². The highest BCUT2D eigenvalue weighted by Crippen LogP contribution is 2.29. The summed E-state index contributed by atoms with van der Waals surface area (Å²) in [7, 11) is 0. The Kier molecular flexibility index (Phi) is 12.2. The maximum atomic E-state index is 12.6. The van der Waals surface area contributed by atoms with Crippen molar-refractivity contribution in [1.29, 1.82) is 0 Å². The van der Waals surface area contributed by atoms with Crippen LogP contribution in [0.5, 0.6) is 11.5 Å². The van der Waals surface area contributed by atoms with Crippen LogP contribution in [0, 0.1) is 0 Å². The lowest BCUT2D eigenvalue weighted by Crippen LogP contribution is -2.20. The second-order valence-corrected chi connectivity index (χ2v) is 13.5. The number of nitrogens with one attached hydrogen (secondary N) is 2. The van der Waals surface area contributed by atoms with Crippen molar-refractivity contribution < 1.29 is 19.1 Å². The number of hydrogen-bond acceptors (Lipinski definition) is 6. The Morgan fingerprint density at radius 1 is 0.569 bits per heavy atom. The molecule has 2 amide bonds. The molecular weight excluding hydrogens is 772 g/mol. The summed E-state index contributed by atoms with van der Waals surface area (Å²) in [6.45, 7) is 0.751. The summed E-state index contributed by atoms with van der Waals surface area (Å²) in [5.41, 5.74) is 8.72. The van der Waals surface area contributed by atoms with Gasteiger partial charge in [0, 0.05) is 32.9 Å². The van der Waals surface area contributed by atoms with E-state index < -0.39 is 0 Å². The largest absolute Gasteiger partial charge is 0.488 e. The van der Waals surface area contributed by atoms with Gasteiger partial charge in [-0.15, -0.1) is 0 Å². The minimum Gasteiger partial charge on any atom is -0.488 e. The summed E-state index contributed by atoms with van der Waals surface area (Å²) in [6, 6.07) is 39.5. The van der Waals surface area contributed by atoms with Crippen LogP contribution < -0.4 is 20.3 Å². The highest BCUT2D eigenvalue weighted by atomic mass is 79.9. The Morgan fingerprint density at radius 2 is 1.02 bits per heavy atom. The van der Waals surface area contributed by atoms with Gasteiger partial charge in [-0.2, -0.15) is 10.2 Å². The second-order valence-electron chi connectivity index (χ2n) is 11.7. The monoisotopic (exact) mass is 804 g/mol. The van der Waals surface area contributed by atoms with Gasteiger partial charge in [-0.3, -0.25) is 9.59 Å². The first kappa shape index (κ1) is 35.5. The molecule has 0 saturated heterocycles. The van der Waals surface area contributed by atoms with Gasteiger partial charge in [-0.1, -0.05) is 117 Å². The average molecular weight is 807 g/mol. The third-order valence-corrected chi connectivity index (χ3v) is 8.99. The van der Waals surface area contributed by atoms with E-state index in [2.05, 4.69) is 52.9 Å². The van der Waals surface area contributed by atoms with Crippen molar-refractivity contribution in [3.63, 3.8) is 0 Å². The summed E-state index contributed by atoms with van der Waals surface area (Å²) in [4.78, 5) is 25.2. The van der Waals surface area contributed by atoms with E-state index in [-0.39, 0.29) is 24.7 Å². The van der Waals surface area contributed by atoms with Crippen molar-refractivity contribution >= 4 is 77.6 Å². The molecule has 10 heteroatoms. The first-order valence-electron chi connectivity index (χ1n) is 16.3. The van der Waals surface area contributed by atoms with Gasteiger partial charge in [0.15, 0.2) is 0 Å². The fourth-order valence-corrected chi connectivity index (χ4v) is 6.40. The molecule has 0 heterocycles. The maximum Gasteiger partial charge on any atom is 0.240 e. The number of amides is 2. The Balaban J connectivity index is 1.02. The topological polar surface area (TPSA) is 101 Å². The number of carbonyl (C=O) groups is 2. The standard InChI is InChI=1S/C41H34Br2N4O4/c42-32-12-5-8-28(22-32)26-50-38-20-18-30-10-1-3-14-34(30)36(38)24-44-46-40(48)16-7-17-41(49)47-45-25-37-35-15-4-2-11-31(35)19-21-39(37)51-27-29-9-6-13-33(43)23-29/h1-6,8-15,18-25H,7,16-17,26-27H2,(H,46,48)(H,47,49). The molecule has 8 nitrogen and oxygen atoms in total. The zero-order chi connectivity index (χ0) is 35.4. The van der Waals surface area contributed by atoms with Gasteiger partial charge in [0.05, 0.1) is 12.4 Å². The number of hydrogen-bond donors (Lipinski definition) is 2. The number of benzene rings is 6. The fourth-order valence-electron chi connectivity index (χ4n) is 5.50. The van der Waals surface area contributed by atoms with Crippen molar-refractivity contribution in [3.8, 4) is 11.5 Å². The first-order chi connectivity index (χ1) is 24.9. The highest BCUT2D eigenvalue weighted by Gasteiger charge is 2.11. The van der Waals surface area contributed by atoms with Gasteiger partial charge in [0.25, 0.3) is 0 Å². The molecule has 51 heavy (non-hydrogen) atoms. The lowest BCUT2D eigenvalue weighted by Gasteiger charge is -2.12. The van der Waals surface area contributed by atoms with Crippen molar-refractivity contribution in [2.75, 3.05) is 0 Å². The summed E-state index contributed by atoms with van der Waals surface area (Å²) in [5.74, 6) is 0.691. The van der Waals surface area contributed by atoms with Crippen LogP contribution >= 0.6 is 31.9 Å². The van der Waals surface area contributed by atoms with Gasteiger partial charge in [0.1, 0.15) is 24.7 Å². The molecule has 0 spiro atoms. The summed E-state index contributed by atoms with van der Waals surface area (Å²) in [5, 5.41) is 12.4. The maximum absolute atomic E-state index is 12.6. The Labute approximate surface area is 312 Å². The van der Waals surface area contributed by atoms with Crippen molar-refractivity contribution in [3.05, 3.63) is 153 Å². The van der Waals surface area contributed by atoms with Crippen LogP contribution in [0.4, 0.5) is 0 Å². The van der Waals surface area contributed by atoms with E-state index in [0.29, 0.717) is 31.1 Å². The van der Waals surface area contributed by atoms with Crippen LogP contribution in [0.2, 0.25) is 0 Å². The summed E-state index contributed by atoms with van der Waals surface area (Å²) >= 11 is 7.00. The van der Waals surface area contributed by atoms with E-state index in [1.807, 2.05) is 121 Å². The Hall–Kier alpha value is -5.32. The number of nitrogens with zero attached hydrogens (tertiary/aromatic N) is 2. The van der Waals surface area contributed by atoms with E-state index in [0.717, 1.165) is 52.7 Å². The zero-order valence-electron chi connectivity index (χ0n) is 27.5. The fraction of sp³-hybridized carbons (Fsp3) is 0.122.